The number of benzene rings is 2. The molecule has 0 spiro atoms. The smallest absolute Gasteiger partial charge is 0.355 e. The lowest BCUT2D eigenvalue weighted by molar-refractivity contribution is -0.140. The lowest BCUT2D eigenvalue weighted by Gasteiger charge is -2.33. The molecule has 0 saturated heterocycles. The zero-order valence-corrected chi connectivity index (χ0v) is 22.1. The van der Waals surface area contributed by atoms with Crippen LogP contribution in [-0.2, 0) is 32.3 Å². The number of likely N-dealkylation sites (N-methyl/N-ethyl adjacent to an activating group) is 1. The molecule has 0 saturated carbocycles. The fraction of sp³-hybridized carbons (Fsp3) is 0.391. The molecule has 198 valence electrons. The minimum absolute atomic E-state index is 0.119. The Morgan fingerprint density at radius 3 is 2.25 bits per heavy atom. The number of carbonyl (C=O) groups excluding carboxylic acids is 2. The van der Waals surface area contributed by atoms with E-state index in [0.717, 1.165) is 24.5 Å². The van der Waals surface area contributed by atoms with Crippen LogP contribution >= 0.6 is 23.2 Å². The second-order valence-corrected chi connectivity index (χ2v) is 10.6. The molecule has 0 aliphatic rings. The van der Waals surface area contributed by atoms with E-state index in [-0.39, 0.29) is 28.7 Å². The molecule has 1 N–H and O–H groups in total. The molecular weight excluding hydrogens is 542 g/mol. The maximum Gasteiger partial charge on any atom is 0.416 e. The van der Waals surface area contributed by atoms with Gasteiger partial charge in [0.15, 0.2) is 0 Å². The van der Waals surface area contributed by atoms with Crippen LogP contribution < -0.4 is 9.62 Å². The molecule has 0 aliphatic heterocycles. The summed E-state index contributed by atoms with van der Waals surface area (Å²) in [6, 6.07) is 7.31. The highest BCUT2D eigenvalue weighted by molar-refractivity contribution is 7.92. The molecule has 2 amide bonds. The zero-order valence-electron chi connectivity index (χ0n) is 19.8. The number of nitrogens with zero attached hydrogens (tertiary/aromatic N) is 2. The van der Waals surface area contributed by atoms with E-state index in [4.69, 9.17) is 23.2 Å². The number of halogens is 5. The minimum Gasteiger partial charge on any atom is -0.355 e. The van der Waals surface area contributed by atoms with Crippen molar-refractivity contribution in [3.8, 4) is 0 Å². The number of carbonyl (C=O) groups is 2. The number of sulfonamides is 1. The summed E-state index contributed by atoms with van der Waals surface area (Å²) in [5.74, 6) is -1.25. The van der Waals surface area contributed by atoms with Crippen LogP contribution in [-0.4, -0.2) is 50.5 Å². The van der Waals surface area contributed by atoms with E-state index in [1.165, 1.54) is 17.0 Å². The Morgan fingerprint density at radius 1 is 1.06 bits per heavy atom. The van der Waals surface area contributed by atoms with E-state index in [0.29, 0.717) is 22.5 Å². The van der Waals surface area contributed by atoms with Crippen molar-refractivity contribution in [1.29, 1.82) is 0 Å². The Hall–Kier alpha value is -2.50. The van der Waals surface area contributed by atoms with Gasteiger partial charge >= 0.3 is 6.18 Å². The molecule has 13 heteroatoms. The molecule has 0 radical (unpaired) electrons. The molecule has 1 atom stereocenters. The molecule has 0 aromatic heterocycles. The van der Waals surface area contributed by atoms with Crippen LogP contribution in [0.3, 0.4) is 0 Å². The van der Waals surface area contributed by atoms with Gasteiger partial charge in [0.2, 0.25) is 21.8 Å². The van der Waals surface area contributed by atoms with Crippen molar-refractivity contribution >= 4 is 50.7 Å². The van der Waals surface area contributed by atoms with E-state index >= 15 is 0 Å². The summed E-state index contributed by atoms with van der Waals surface area (Å²) < 4.78 is 65.3. The molecular formula is C23H26Cl2F3N3O4S. The SMILES string of the molecule is CCNC(=O)C(CC)N(Cc1ccc(Cl)c(Cl)c1)C(=O)CN(c1cccc(C(F)(F)F)c1)S(C)(=O)=O. The molecule has 0 fully saturated rings. The summed E-state index contributed by atoms with van der Waals surface area (Å²) in [6.45, 7) is 2.73. The molecule has 1 unspecified atom stereocenters. The average molecular weight is 568 g/mol. The van der Waals surface area contributed by atoms with Crippen LogP contribution in [0, 0.1) is 0 Å². The average Bonchev–Trinajstić information content (AvgIpc) is 2.78. The van der Waals surface area contributed by atoms with Gasteiger partial charge in [-0.25, -0.2) is 8.42 Å². The monoisotopic (exact) mass is 567 g/mol. The number of hydrogen-bond donors (Lipinski definition) is 1. The normalized spacial score (nSPS) is 12.7. The third-order valence-electron chi connectivity index (χ3n) is 5.21. The molecule has 0 aliphatic carbocycles. The van der Waals surface area contributed by atoms with Crippen molar-refractivity contribution in [2.24, 2.45) is 0 Å². The summed E-state index contributed by atoms with van der Waals surface area (Å²) >= 11 is 12.0. The van der Waals surface area contributed by atoms with E-state index in [2.05, 4.69) is 5.32 Å². The molecule has 2 aromatic rings. The molecule has 36 heavy (non-hydrogen) atoms. The van der Waals surface area contributed by atoms with E-state index in [9.17, 15) is 31.2 Å². The van der Waals surface area contributed by atoms with Crippen LogP contribution in [0.1, 0.15) is 31.4 Å². The van der Waals surface area contributed by atoms with Gasteiger partial charge in [0.05, 0.1) is 27.6 Å². The number of amides is 2. The van der Waals surface area contributed by atoms with E-state index in [1.54, 1.807) is 19.9 Å². The summed E-state index contributed by atoms with van der Waals surface area (Å²) in [5.41, 5.74) is -0.880. The van der Waals surface area contributed by atoms with Crippen molar-refractivity contribution in [1.82, 2.24) is 10.2 Å². The highest BCUT2D eigenvalue weighted by Gasteiger charge is 2.34. The summed E-state index contributed by atoms with van der Waals surface area (Å²) in [4.78, 5) is 27.4. The fourth-order valence-corrected chi connectivity index (χ4v) is 4.66. The molecule has 0 bridgehead atoms. The quantitative estimate of drug-likeness (QED) is 0.450. The first-order valence-corrected chi connectivity index (χ1v) is 13.5. The molecule has 2 rings (SSSR count). The van der Waals surface area contributed by atoms with Gasteiger partial charge in [-0.15, -0.1) is 0 Å². The predicted octanol–water partition coefficient (Wildman–Crippen LogP) is 4.72. The van der Waals surface area contributed by atoms with Crippen LogP contribution in [0.5, 0.6) is 0 Å². The van der Waals surface area contributed by atoms with Gasteiger partial charge in [-0.3, -0.25) is 13.9 Å². The van der Waals surface area contributed by atoms with Crippen molar-refractivity contribution in [2.45, 2.75) is 39.0 Å². The van der Waals surface area contributed by atoms with Crippen LogP contribution in [0.25, 0.3) is 0 Å². The maximum atomic E-state index is 13.5. The Morgan fingerprint density at radius 2 is 1.72 bits per heavy atom. The van der Waals surface area contributed by atoms with Crippen molar-refractivity contribution in [2.75, 3.05) is 23.7 Å². The highest BCUT2D eigenvalue weighted by Crippen LogP contribution is 2.32. The van der Waals surface area contributed by atoms with Crippen molar-refractivity contribution < 1.29 is 31.2 Å². The van der Waals surface area contributed by atoms with Gasteiger partial charge in [0.25, 0.3) is 0 Å². The lowest BCUT2D eigenvalue weighted by atomic mass is 10.1. The standard InChI is InChI=1S/C23H26Cl2F3N3O4S/c1-4-20(22(33)29-5-2)30(13-15-9-10-18(24)19(25)11-15)21(32)14-31(36(3,34)35)17-8-6-7-16(12-17)23(26,27)28/h6-12,20H,4-5,13-14H2,1-3H3,(H,29,33). The third kappa shape index (κ3) is 7.75. The van der Waals surface area contributed by atoms with E-state index in [1.807, 2.05) is 0 Å². The highest BCUT2D eigenvalue weighted by atomic mass is 35.5. The molecule has 2 aromatic carbocycles. The Balaban J connectivity index is 2.50. The maximum absolute atomic E-state index is 13.5. The second-order valence-electron chi connectivity index (χ2n) is 7.91. The Bertz CT molecular complexity index is 1210. The van der Waals surface area contributed by atoms with Crippen LogP contribution in [0.4, 0.5) is 18.9 Å². The lowest BCUT2D eigenvalue weighted by Crippen LogP contribution is -2.52. The zero-order chi connectivity index (χ0) is 27.3. The van der Waals surface area contributed by atoms with Crippen LogP contribution in [0.2, 0.25) is 10.0 Å². The van der Waals surface area contributed by atoms with Gasteiger partial charge in [0, 0.05) is 13.1 Å². The second kappa shape index (κ2) is 12.2. The predicted molar refractivity (Wildman–Crippen MR) is 133 cm³/mol. The van der Waals surface area contributed by atoms with Crippen molar-refractivity contribution in [3.63, 3.8) is 0 Å². The summed E-state index contributed by atoms with van der Waals surface area (Å²) in [6.07, 6.45) is -3.74. The first-order valence-electron chi connectivity index (χ1n) is 10.8. The molecule has 0 heterocycles. The van der Waals surface area contributed by atoms with Crippen LogP contribution in [0.15, 0.2) is 42.5 Å². The van der Waals surface area contributed by atoms with Gasteiger partial charge in [-0.05, 0) is 49.2 Å². The largest absolute Gasteiger partial charge is 0.416 e. The van der Waals surface area contributed by atoms with Crippen molar-refractivity contribution in [3.05, 3.63) is 63.6 Å². The van der Waals surface area contributed by atoms with Gasteiger partial charge in [-0.1, -0.05) is 42.3 Å². The number of hydrogen-bond acceptors (Lipinski definition) is 4. The summed E-state index contributed by atoms with van der Waals surface area (Å²) in [5, 5.41) is 3.14. The fourth-order valence-electron chi connectivity index (χ4n) is 3.50. The van der Waals surface area contributed by atoms with Gasteiger partial charge < -0.3 is 10.2 Å². The number of nitrogens with one attached hydrogen (secondary N) is 1. The topological polar surface area (TPSA) is 86.8 Å². The third-order valence-corrected chi connectivity index (χ3v) is 7.09. The van der Waals surface area contributed by atoms with Gasteiger partial charge in [0.1, 0.15) is 12.6 Å². The van der Waals surface area contributed by atoms with E-state index < -0.39 is 46.2 Å². The van der Waals surface area contributed by atoms with Gasteiger partial charge in [-0.2, -0.15) is 13.2 Å². The Labute approximate surface area is 218 Å². The number of anilines is 1. The Kier molecular flexibility index (Phi) is 10.0. The number of alkyl halides is 3. The minimum atomic E-state index is -4.71. The number of rotatable bonds is 10. The molecule has 7 nitrogen and oxygen atoms in total. The summed E-state index contributed by atoms with van der Waals surface area (Å²) in [7, 11) is -4.18. The first-order chi connectivity index (χ1) is 16.7. The first kappa shape index (κ1) is 29.7.